The first-order valence-corrected chi connectivity index (χ1v) is 5.02. The van der Waals surface area contributed by atoms with Crippen molar-refractivity contribution in [3.8, 4) is 0 Å². The second-order valence-electron chi connectivity index (χ2n) is 3.20. The van der Waals surface area contributed by atoms with Gasteiger partial charge in [-0.05, 0) is 0 Å². The van der Waals surface area contributed by atoms with Crippen molar-refractivity contribution in [1.29, 1.82) is 0 Å². The molecule has 60 valence electrons. The van der Waals surface area contributed by atoms with Crippen molar-refractivity contribution < 1.29 is 30.8 Å². The summed E-state index contributed by atoms with van der Waals surface area (Å²) < 4.78 is 16.2. The van der Waals surface area contributed by atoms with Gasteiger partial charge in [0.05, 0.1) is 0 Å². The maximum atomic E-state index is 11.4. The summed E-state index contributed by atoms with van der Waals surface area (Å²) in [5.41, 5.74) is 0. The molecule has 0 fully saturated rings. The third-order valence-electron chi connectivity index (χ3n) is 1.57. The van der Waals surface area contributed by atoms with E-state index in [0.717, 1.165) is 0 Å². The van der Waals surface area contributed by atoms with Crippen LogP contribution >= 0.6 is 7.37 Å². The van der Waals surface area contributed by atoms with Gasteiger partial charge in [-0.2, -0.15) is 0 Å². The Morgan fingerprint density at radius 2 is 1.60 bits per heavy atom. The Morgan fingerprint density at radius 1 is 1.30 bits per heavy atom. The molecule has 1 unspecified atom stereocenters. The van der Waals surface area contributed by atoms with Crippen molar-refractivity contribution in [2.75, 3.05) is 13.8 Å². The fourth-order valence-electron chi connectivity index (χ4n) is 0.274. The molecule has 1 atom stereocenters. The smallest absolute Gasteiger partial charge is 0.205 e. The van der Waals surface area contributed by atoms with Gasteiger partial charge in [-0.3, -0.25) is 4.57 Å². The predicted octanol–water partition coefficient (Wildman–Crippen LogP) is 2.34. The van der Waals surface area contributed by atoms with Gasteiger partial charge in [-0.1, -0.05) is 20.8 Å². The van der Waals surface area contributed by atoms with Gasteiger partial charge in [-0.15, -0.1) is 0 Å². The molecule has 0 heterocycles. The Bertz CT molecular complexity index is 139. The van der Waals surface area contributed by atoms with Crippen LogP contribution in [0.1, 0.15) is 20.8 Å². The summed E-state index contributed by atoms with van der Waals surface area (Å²) in [6, 6.07) is 0. The Kier molecular flexibility index (Phi) is 5.48. The van der Waals surface area contributed by atoms with Crippen LogP contribution in [0.2, 0.25) is 0 Å². The molecule has 0 saturated heterocycles. The number of hydrogen-bond acceptors (Lipinski definition) is 2. The van der Waals surface area contributed by atoms with Gasteiger partial charge < -0.3 is 4.52 Å². The Morgan fingerprint density at radius 3 is 1.60 bits per heavy atom. The van der Waals surface area contributed by atoms with Crippen LogP contribution in [0.25, 0.3) is 0 Å². The zero-order valence-electron chi connectivity index (χ0n) is 7.26. The molecule has 0 aliphatic carbocycles. The van der Waals surface area contributed by atoms with Crippen LogP contribution in [-0.4, -0.2) is 18.9 Å². The van der Waals surface area contributed by atoms with E-state index in [1.54, 1.807) is 6.66 Å². The molecule has 0 radical (unpaired) electrons. The first kappa shape index (κ1) is 13.5. The zero-order chi connectivity index (χ0) is 7.71. The Balaban J connectivity index is 0. The van der Waals surface area contributed by atoms with Crippen molar-refractivity contribution in [2.45, 2.75) is 25.9 Å². The number of rotatable bonds is 1. The van der Waals surface area contributed by atoms with Crippen LogP contribution in [0.15, 0.2) is 0 Å². The van der Waals surface area contributed by atoms with Gasteiger partial charge >= 0.3 is 0 Å². The molecule has 0 aromatic heterocycles. The van der Waals surface area contributed by atoms with E-state index < -0.39 is 7.37 Å². The molecule has 0 aliphatic heterocycles. The van der Waals surface area contributed by atoms with Gasteiger partial charge in [-0.25, -0.2) is 0 Å². The minimum atomic E-state index is -2.36. The molecule has 0 saturated carbocycles. The summed E-state index contributed by atoms with van der Waals surface area (Å²) in [5.74, 6) is 0. The third-order valence-corrected chi connectivity index (χ3v) is 4.70. The second kappa shape index (κ2) is 4.06. The first-order valence-electron chi connectivity index (χ1n) is 2.94. The summed E-state index contributed by atoms with van der Waals surface area (Å²) >= 11 is 0. The van der Waals surface area contributed by atoms with E-state index >= 15 is 0 Å². The molecule has 2 nitrogen and oxygen atoms in total. The van der Waals surface area contributed by atoms with E-state index in [9.17, 15) is 4.57 Å². The Hall–Kier alpha value is 0.904. The molecule has 0 N–H and O–H groups in total. The van der Waals surface area contributed by atoms with Crippen LogP contribution in [-0.2, 0) is 30.8 Å². The normalized spacial score (nSPS) is 17.3. The maximum absolute atomic E-state index is 11.4. The van der Waals surface area contributed by atoms with Crippen molar-refractivity contribution >= 4 is 7.37 Å². The first-order chi connectivity index (χ1) is 3.81. The summed E-state index contributed by atoms with van der Waals surface area (Å²) in [6.45, 7) is 7.40. The number of hydrogen-bond donors (Lipinski definition) is 0. The summed E-state index contributed by atoms with van der Waals surface area (Å²) in [5, 5.41) is -0.220. The van der Waals surface area contributed by atoms with E-state index in [0.29, 0.717) is 0 Å². The van der Waals surface area contributed by atoms with Crippen LogP contribution in [0.4, 0.5) is 0 Å². The molecule has 0 aromatic carbocycles. The van der Waals surface area contributed by atoms with Crippen molar-refractivity contribution in [3.05, 3.63) is 0 Å². The van der Waals surface area contributed by atoms with Crippen LogP contribution < -0.4 is 0 Å². The van der Waals surface area contributed by atoms with E-state index in [1.165, 1.54) is 7.11 Å². The molecule has 4 heteroatoms. The van der Waals surface area contributed by atoms with Crippen LogP contribution in [0.5, 0.6) is 0 Å². The van der Waals surface area contributed by atoms with Crippen molar-refractivity contribution in [2.24, 2.45) is 0 Å². The van der Waals surface area contributed by atoms with Gasteiger partial charge in [0.2, 0.25) is 7.37 Å². The molecular formula is C6H15O2PTi. The fraction of sp³-hybridized carbons (Fsp3) is 1.00. The summed E-state index contributed by atoms with van der Waals surface area (Å²) in [6.07, 6.45) is 0. The van der Waals surface area contributed by atoms with Gasteiger partial charge in [0.25, 0.3) is 0 Å². The standard InChI is InChI=1S/C6H15O2P.Ti/c1-6(2,3)9(5,7)8-4;/h1-5H3;. The molecule has 0 amide bonds. The largest absolute Gasteiger partial charge is 0.332 e. The molecular weight excluding hydrogens is 183 g/mol. The van der Waals surface area contributed by atoms with Crippen molar-refractivity contribution in [3.63, 3.8) is 0 Å². The molecule has 0 aliphatic rings. The SMILES string of the molecule is COP(C)(=O)C(C)(C)C.[Ti]. The average molecular weight is 198 g/mol. The molecule has 0 bridgehead atoms. The maximum Gasteiger partial charge on any atom is 0.205 e. The molecule has 0 rings (SSSR count). The monoisotopic (exact) mass is 198 g/mol. The quantitative estimate of drug-likeness (QED) is 0.477. The topological polar surface area (TPSA) is 26.3 Å². The van der Waals surface area contributed by atoms with Gasteiger partial charge in [0.15, 0.2) is 0 Å². The van der Waals surface area contributed by atoms with E-state index in [1.807, 2.05) is 20.8 Å². The molecule has 0 spiro atoms. The van der Waals surface area contributed by atoms with E-state index in [4.69, 9.17) is 4.52 Å². The summed E-state index contributed by atoms with van der Waals surface area (Å²) in [7, 11) is -0.865. The van der Waals surface area contributed by atoms with Gasteiger partial charge in [0.1, 0.15) is 0 Å². The zero-order valence-corrected chi connectivity index (χ0v) is 9.72. The molecule has 10 heavy (non-hydrogen) atoms. The fourth-order valence-corrected chi connectivity index (χ4v) is 0.822. The average Bonchev–Trinajstić information content (AvgIpc) is 1.64. The van der Waals surface area contributed by atoms with Crippen LogP contribution in [0, 0.1) is 0 Å². The predicted molar refractivity (Wildman–Crippen MR) is 40.3 cm³/mol. The van der Waals surface area contributed by atoms with E-state index in [-0.39, 0.29) is 26.9 Å². The minimum absolute atomic E-state index is 0. The van der Waals surface area contributed by atoms with E-state index in [2.05, 4.69) is 0 Å². The summed E-state index contributed by atoms with van der Waals surface area (Å²) in [4.78, 5) is 0. The minimum Gasteiger partial charge on any atom is -0.332 e. The third kappa shape index (κ3) is 3.34. The molecule has 0 aromatic rings. The van der Waals surface area contributed by atoms with Crippen molar-refractivity contribution in [1.82, 2.24) is 0 Å². The second-order valence-corrected chi connectivity index (χ2v) is 6.60. The van der Waals surface area contributed by atoms with Crippen LogP contribution in [0.3, 0.4) is 0 Å². The van der Waals surface area contributed by atoms with Gasteiger partial charge in [0, 0.05) is 40.6 Å². The Labute approximate surface area is 78.1 Å².